The molecule has 74 valence electrons. The van der Waals surface area contributed by atoms with Gasteiger partial charge in [-0.15, -0.1) is 0 Å². The molecule has 0 bridgehead atoms. The predicted molar refractivity (Wildman–Crippen MR) is 51.6 cm³/mol. The molecule has 0 aromatic rings. The maximum absolute atomic E-state index is 10.5. The third kappa shape index (κ3) is 4.81. The van der Waals surface area contributed by atoms with E-state index in [1.165, 1.54) is 32.1 Å². The summed E-state index contributed by atoms with van der Waals surface area (Å²) >= 11 is 0. The first-order chi connectivity index (χ1) is 6.29. The Hall–Kier alpha value is -0.660. The van der Waals surface area contributed by atoms with E-state index in [9.17, 15) is 9.59 Å². The van der Waals surface area contributed by atoms with Gasteiger partial charge in [-0.3, -0.25) is 9.59 Å². The van der Waals surface area contributed by atoms with E-state index in [0.29, 0.717) is 12.8 Å². The SMILES string of the molecule is C1CCCC1.O=C1CCCC(=O)C1. The summed E-state index contributed by atoms with van der Waals surface area (Å²) in [5.74, 6) is 0.225. The molecule has 2 aliphatic rings. The van der Waals surface area contributed by atoms with Crippen LogP contribution in [-0.2, 0) is 9.59 Å². The van der Waals surface area contributed by atoms with Crippen molar-refractivity contribution in [2.45, 2.75) is 57.8 Å². The molecule has 2 heteroatoms. The molecular formula is C11H18O2. The van der Waals surface area contributed by atoms with Crippen molar-refractivity contribution in [3.63, 3.8) is 0 Å². The van der Waals surface area contributed by atoms with Crippen LogP contribution in [-0.4, -0.2) is 11.6 Å². The second-order valence-electron chi connectivity index (χ2n) is 3.88. The standard InChI is InChI=1S/C6H8O2.C5H10/c7-5-2-1-3-6(8)4-5;1-2-4-5-3-1/h1-4H2;1-5H2. The molecule has 2 saturated carbocycles. The van der Waals surface area contributed by atoms with Crippen LogP contribution < -0.4 is 0 Å². The van der Waals surface area contributed by atoms with Gasteiger partial charge in [0.25, 0.3) is 0 Å². The summed E-state index contributed by atoms with van der Waals surface area (Å²) < 4.78 is 0. The quantitative estimate of drug-likeness (QED) is 0.540. The first-order valence-corrected chi connectivity index (χ1v) is 5.32. The minimum absolute atomic E-state index is 0.112. The largest absolute Gasteiger partial charge is 0.299 e. The Bertz CT molecular complexity index is 159. The lowest BCUT2D eigenvalue weighted by Gasteiger charge is -2.04. The van der Waals surface area contributed by atoms with Gasteiger partial charge in [0.1, 0.15) is 11.6 Å². The molecule has 13 heavy (non-hydrogen) atoms. The van der Waals surface area contributed by atoms with Gasteiger partial charge < -0.3 is 0 Å². The van der Waals surface area contributed by atoms with Crippen LogP contribution in [0, 0.1) is 0 Å². The van der Waals surface area contributed by atoms with Crippen LogP contribution in [0.1, 0.15) is 57.8 Å². The Morgan fingerprint density at radius 1 is 0.615 bits per heavy atom. The van der Waals surface area contributed by atoms with E-state index in [2.05, 4.69) is 0 Å². The highest BCUT2D eigenvalue weighted by Gasteiger charge is 2.14. The average Bonchev–Trinajstić information content (AvgIpc) is 2.59. The zero-order valence-corrected chi connectivity index (χ0v) is 8.18. The van der Waals surface area contributed by atoms with Gasteiger partial charge in [-0.1, -0.05) is 32.1 Å². The van der Waals surface area contributed by atoms with Crippen molar-refractivity contribution in [2.75, 3.05) is 0 Å². The number of ketones is 2. The molecule has 0 N–H and O–H groups in total. The third-order valence-corrected chi connectivity index (χ3v) is 2.56. The van der Waals surface area contributed by atoms with Crippen molar-refractivity contribution in [1.29, 1.82) is 0 Å². The Kier molecular flexibility index (Phi) is 4.73. The van der Waals surface area contributed by atoms with Crippen LogP contribution >= 0.6 is 0 Å². The van der Waals surface area contributed by atoms with Crippen LogP contribution in [0.15, 0.2) is 0 Å². The fourth-order valence-corrected chi connectivity index (χ4v) is 1.76. The van der Waals surface area contributed by atoms with Gasteiger partial charge in [0.15, 0.2) is 0 Å². The van der Waals surface area contributed by atoms with Gasteiger partial charge in [-0.2, -0.15) is 0 Å². The van der Waals surface area contributed by atoms with Gasteiger partial charge in [-0.25, -0.2) is 0 Å². The molecule has 2 rings (SSSR count). The molecule has 0 atom stereocenters. The number of hydrogen-bond donors (Lipinski definition) is 0. The molecule has 2 nitrogen and oxygen atoms in total. The monoisotopic (exact) mass is 182 g/mol. The molecule has 0 aromatic heterocycles. The Labute approximate surface area is 79.7 Å². The molecule has 0 aliphatic heterocycles. The number of Topliss-reactive ketones (excluding diaryl/α,β-unsaturated/α-hetero) is 2. The molecule has 0 saturated heterocycles. The van der Waals surface area contributed by atoms with E-state index in [4.69, 9.17) is 0 Å². The number of carbonyl (C=O) groups excluding carboxylic acids is 2. The maximum Gasteiger partial charge on any atom is 0.140 e. The van der Waals surface area contributed by atoms with E-state index < -0.39 is 0 Å². The van der Waals surface area contributed by atoms with Crippen molar-refractivity contribution in [3.8, 4) is 0 Å². The van der Waals surface area contributed by atoms with Gasteiger partial charge in [0.2, 0.25) is 0 Å². The topological polar surface area (TPSA) is 34.1 Å². The second kappa shape index (κ2) is 5.90. The minimum atomic E-state index is 0.112. The van der Waals surface area contributed by atoms with Crippen molar-refractivity contribution in [3.05, 3.63) is 0 Å². The van der Waals surface area contributed by atoms with E-state index >= 15 is 0 Å². The maximum atomic E-state index is 10.5. The van der Waals surface area contributed by atoms with Crippen LogP contribution in [0.2, 0.25) is 0 Å². The minimum Gasteiger partial charge on any atom is -0.299 e. The molecule has 0 radical (unpaired) electrons. The smallest absolute Gasteiger partial charge is 0.140 e. The lowest BCUT2D eigenvalue weighted by Crippen LogP contribution is -2.13. The summed E-state index contributed by atoms with van der Waals surface area (Å²) in [6.45, 7) is 0. The van der Waals surface area contributed by atoms with E-state index in [-0.39, 0.29) is 18.0 Å². The molecule has 2 aliphatic carbocycles. The van der Waals surface area contributed by atoms with Crippen molar-refractivity contribution in [1.82, 2.24) is 0 Å². The molecule has 0 spiro atoms. The highest BCUT2D eigenvalue weighted by Crippen LogP contribution is 2.15. The number of rotatable bonds is 0. The lowest BCUT2D eigenvalue weighted by atomic mass is 9.98. The Morgan fingerprint density at radius 3 is 1.23 bits per heavy atom. The zero-order chi connectivity index (χ0) is 9.52. The second-order valence-corrected chi connectivity index (χ2v) is 3.88. The van der Waals surface area contributed by atoms with Gasteiger partial charge >= 0.3 is 0 Å². The molecule has 0 heterocycles. The average molecular weight is 182 g/mol. The van der Waals surface area contributed by atoms with Crippen molar-refractivity contribution >= 4 is 11.6 Å². The molecular weight excluding hydrogens is 164 g/mol. The summed E-state index contributed by atoms with van der Waals surface area (Å²) in [7, 11) is 0. The lowest BCUT2D eigenvalue weighted by molar-refractivity contribution is -0.129. The van der Waals surface area contributed by atoms with Crippen LogP contribution in [0.4, 0.5) is 0 Å². The molecule has 0 unspecified atom stereocenters. The molecule has 2 fully saturated rings. The van der Waals surface area contributed by atoms with Crippen LogP contribution in [0.3, 0.4) is 0 Å². The van der Waals surface area contributed by atoms with Gasteiger partial charge in [-0.05, 0) is 6.42 Å². The third-order valence-electron chi connectivity index (χ3n) is 2.56. The zero-order valence-electron chi connectivity index (χ0n) is 8.18. The van der Waals surface area contributed by atoms with Gasteiger partial charge in [0, 0.05) is 12.8 Å². The van der Waals surface area contributed by atoms with Crippen LogP contribution in [0.5, 0.6) is 0 Å². The first kappa shape index (κ1) is 10.4. The normalized spacial score (nSPS) is 22.5. The van der Waals surface area contributed by atoms with E-state index in [1.807, 2.05) is 0 Å². The first-order valence-electron chi connectivity index (χ1n) is 5.32. The fourth-order valence-electron chi connectivity index (χ4n) is 1.76. The summed E-state index contributed by atoms with van der Waals surface area (Å²) in [6.07, 6.45) is 9.70. The summed E-state index contributed by atoms with van der Waals surface area (Å²) in [5.41, 5.74) is 0. The molecule has 0 aromatic carbocycles. The summed E-state index contributed by atoms with van der Waals surface area (Å²) in [6, 6.07) is 0. The number of carbonyl (C=O) groups is 2. The summed E-state index contributed by atoms with van der Waals surface area (Å²) in [4.78, 5) is 20.9. The summed E-state index contributed by atoms with van der Waals surface area (Å²) in [5, 5.41) is 0. The highest BCUT2D eigenvalue weighted by molar-refractivity contribution is 6.01. The fraction of sp³-hybridized carbons (Fsp3) is 0.818. The van der Waals surface area contributed by atoms with Crippen molar-refractivity contribution < 1.29 is 9.59 Å². The molecule has 0 amide bonds. The van der Waals surface area contributed by atoms with Gasteiger partial charge in [0.05, 0.1) is 6.42 Å². The van der Waals surface area contributed by atoms with Crippen LogP contribution in [0.25, 0.3) is 0 Å². The van der Waals surface area contributed by atoms with Crippen molar-refractivity contribution in [2.24, 2.45) is 0 Å². The predicted octanol–water partition coefficient (Wildman–Crippen LogP) is 2.65. The van der Waals surface area contributed by atoms with E-state index in [1.54, 1.807) is 0 Å². The van der Waals surface area contributed by atoms with E-state index in [0.717, 1.165) is 6.42 Å². The highest BCUT2D eigenvalue weighted by atomic mass is 16.1. The number of hydrogen-bond acceptors (Lipinski definition) is 2. The Balaban J connectivity index is 0.000000145. The Morgan fingerprint density at radius 2 is 1.00 bits per heavy atom.